The molecule has 6 rings (SSSR count). The molecule has 7 N–H and O–H groups in total. The lowest BCUT2D eigenvalue weighted by atomic mass is 9.80. The molecule has 0 aliphatic heterocycles. The summed E-state index contributed by atoms with van der Waals surface area (Å²) in [6.45, 7) is 2.61. The van der Waals surface area contributed by atoms with Gasteiger partial charge in [-0.05, 0) is 137 Å². The van der Waals surface area contributed by atoms with Gasteiger partial charge in [-0.3, -0.25) is 4.79 Å². The van der Waals surface area contributed by atoms with E-state index >= 15 is 0 Å². The summed E-state index contributed by atoms with van der Waals surface area (Å²) in [5, 5.41) is 59.7. The number of aromatic nitrogens is 1. The first-order chi connectivity index (χ1) is 28.6. The number of ketones is 1. The van der Waals surface area contributed by atoms with Crippen LogP contribution in [-0.4, -0.2) is 70.3 Å². The summed E-state index contributed by atoms with van der Waals surface area (Å²) in [5.74, 6) is -0.685. The highest BCUT2D eigenvalue weighted by atomic mass is 16.5. The van der Waals surface area contributed by atoms with Gasteiger partial charge in [0.15, 0.2) is 23.0 Å². The number of methoxy groups -OCH3 is 2. The van der Waals surface area contributed by atoms with Gasteiger partial charge in [-0.15, -0.1) is 0 Å². The Labute approximate surface area is 346 Å². The van der Waals surface area contributed by atoms with E-state index in [-0.39, 0.29) is 48.2 Å². The van der Waals surface area contributed by atoms with E-state index in [0.29, 0.717) is 43.5 Å². The van der Waals surface area contributed by atoms with Crippen molar-refractivity contribution in [1.29, 1.82) is 0 Å². The van der Waals surface area contributed by atoms with Gasteiger partial charge in [-0.25, -0.2) is 0 Å². The lowest BCUT2D eigenvalue weighted by Crippen LogP contribution is -2.30. The van der Waals surface area contributed by atoms with Crippen molar-refractivity contribution in [3.05, 3.63) is 147 Å². The van der Waals surface area contributed by atoms with Gasteiger partial charge >= 0.3 is 0 Å². The van der Waals surface area contributed by atoms with E-state index in [4.69, 9.17) is 9.47 Å². The number of hydrogen-bond donors (Lipinski definition) is 7. The van der Waals surface area contributed by atoms with E-state index in [1.807, 2.05) is 49.8 Å². The fourth-order valence-electron chi connectivity index (χ4n) is 8.53. The number of benzene rings is 5. The zero-order valence-corrected chi connectivity index (χ0v) is 34.3. The van der Waals surface area contributed by atoms with Crippen LogP contribution in [0.4, 0.5) is 0 Å². The number of hydrogen-bond acceptors (Lipinski definition) is 9. The third kappa shape index (κ3) is 10.1. The van der Waals surface area contributed by atoms with Crippen molar-refractivity contribution >= 4 is 16.6 Å². The van der Waals surface area contributed by atoms with Gasteiger partial charge in [0.05, 0.1) is 20.3 Å². The van der Waals surface area contributed by atoms with Gasteiger partial charge in [-0.1, -0.05) is 55.5 Å². The number of Topliss-reactive ketones (excluding diaryl/α,β-unsaturated/α-hetero) is 1. The fraction of sp³-hybridized carbons (Fsp3) is 0.327. The van der Waals surface area contributed by atoms with Crippen LogP contribution in [0.3, 0.4) is 0 Å². The average Bonchev–Trinajstić information content (AvgIpc) is 3.74. The maximum absolute atomic E-state index is 14.6. The highest BCUT2D eigenvalue weighted by molar-refractivity contribution is 5.90. The molecule has 0 saturated carbocycles. The van der Waals surface area contributed by atoms with Crippen molar-refractivity contribution in [2.75, 3.05) is 27.9 Å². The summed E-state index contributed by atoms with van der Waals surface area (Å²) in [6, 6.07) is 26.0. The van der Waals surface area contributed by atoms with E-state index < -0.39 is 17.9 Å². The number of nitrogens with one attached hydrogen (secondary N) is 2. The molecular weight excluding hydrogens is 745 g/mol. The molecule has 3 atom stereocenters. The van der Waals surface area contributed by atoms with Gasteiger partial charge in [0.25, 0.3) is 0 Å². The summed E-state index contributed by atoms with van der Waals surface area (Å²) in [4.78, 5) is 17.8. The molecule has 0 saturated heterocycles. The predicted molar refractivity (Wildman–Crippen MR) is 231 cm³/mol. The van der Waals surface area contributed by atoms with E-state index in [2.05, 4.69) is 35.4 Å². The molecule has 0 amide bonds. The SMILES string of the molecule is CCc1ccc2cccc(CCO)c2c1Cc1c(C[C@H](Cc2cc[nH]c2)[C@H](O)CC(=O)[C@H](Cc2ccc(O)c(OC)c2)c2cc(O)cc(CNC)c2)ccc(O)c1OC. The summed E-state index contributed by atoms with van der Waals surface area (Å²) in [5.41, 5.74) is 8.11. The molecule has 0 fully saturated rings. The molecule has 0 spiro atoms. The van der Waals surface area contributed by atoms with Crippen LogP contribution in [0.5, 0.6) is 28.7 Å². The van der Waals surface area contributed by atoms with Crippen LogP contribution in [0.15, 0.2) is 97.3 Å². The molecule has 59 heavy (non-hydrogen) atoms. The van der Waals surface area contributed by atoms with Crippen molar-refractivity contribution in [1.82, 2.24) is 10.3 Å². The lowest BCUT2D eigenvalue weighted by molar-refractivity contribution is -0.123. The molecule has 310 valence electrons. The minimum absolute atomic E-state index is 0.00971. The Hall–Kier alpha value is -5.81. The maximum Gasteiger partial charge on any atom is 0.164 e. The van der Waals surface area contributed by atoms with Crippen molar-refractivity contribution in [2.24, 2.45) is 5.92 Å². The number of H-pyrrole nitrogens is 1. The Morgan fingerprint density at radius 2 is 1.59 bits per heavy atom. The Kier molecular flexibility index (Phi) is 14.3. The number of phenolic OH excluding ortho intramolecular Hbond substituents is 3. The fourth-order valence-corrected chi connectivity index (χ4v) is 8.53. The molecular formula is C49H56N2O8. The summed E-state index contributed by atoms with van der Waals surface area (Å²) >= 11 is 0. The number of fused-ring (bicyclic) bond motifs is 1. The standard InChI is InChI=1S/C49H56N2O8/c1-5-33-10-11-34-7-6-8-35(16-18-52)48(34)41(33)26-42-36(12-14-44(55)49(42)59-4)24-38(19-31-15-17-51-29-31)45(56)27-46(57)40(22-30-9-13-43(54)47(23-30)58-3)37-20-32(28-50-2)21-39(53)25-37/h6-15,17,20-21,23,25,29,38,40,45,50-56H,5,16,18-19,22,24,26-28H2,1-4H3/t38-,40+,45+/m0/s1. The Balaban J connectivity index is 1.39. The molecule has 0 radical (unpaired) electrons. The maximum atomic E-state index is 14.6. The number of carbonyl (C=O) groups excluding carboxylic acids is 1. The smallest absolute Gasteiger partial charge is 0.164 e. The summed E-state index contributed by atoms with van der Waals surface area (Å²) < 4.78 is 11.3. The highest BCUT2D eigenvalue weighted by Crippen LogP contribution is 2.40. The second kappa shape index (κ2) is 19.8. The van der Waals surface area contributed by atoms with Crippen LogP contribution in [0.25, 0.3) is 10.8 Å². The number of aromatic amines is 1. The third-order valence-electron chi connectivity index (χ3n) is 11.4. The second-order valence-corrected chi connectivity index (χ2v) is 15.3. The molecule has 1 aromatic heterocycles. The van der Waals surface area contributed by atoms with E-state index in [1.54, 1.807) is 37.4 Å². The van der Waals surface area contributed by atoms with Crippen molar-refractivity contribution in [2.45, 2.75) is 70.4 Å². The van der Waals surface area contributed by atoms with E-state index in [0.717, 1.165) is 61.7 Å². The lowest BCUT2D eigenvalue weighted by Gasteiger charge is -2.27. The third-order valence-corrected chi connectivity index (χ3v) is 11.4. The first-order valence-corrected chi connectivity index (χ1v) is 20.2. The number of phenols is 3. The van der Waals surface area contributed by atoms with E-state index in [9.17, 15) is 30.3 Å². The Morgan fingerprint density at radius 1 is 0.797 bits per heavy atom. The summed E-state index contributed by atoms with van der Waals surface area (Å²) in [7, 11) is 4.82. The Bertz CT molecular complexity index is 2360. The van der Waals surface area contributed by atoms with Crippen LogP contribution in [0.2, 0.25) is 0 Å². The average molecular weight is 801 g/mol. The quantitative estimate of drug-likeness (QED) is 0.0415. The number of aliphatic hydroxyl groups is 2. The van der Waals surface area contributed by atoms with Gasteiger partial charge in [0.2, 0.25) is 0 Å². The first-order valence-electron chi connectivity index (χ1n) is 20.2. The van der Waals surface area contributed by atoms with Crippen LogP contribution in [0, 0.1) is 5.92 Å². The molecule has 0 aliphatic rings. The van der Waals surface area contributed by atoms with Crippen LogP contribution in [-0.2, 0) is 49.9 Å². The van der Waals surface area contributed by atoms with Crippen molar-refractivity contribution < 1.29 is 39.8 Å². The van der Waals surface area contributed by atoms with Crippen LogP contribution in [0.1, 0.15) is 69.3 Å². The zero-order valence-electron chi connectivity index (χ0n) is 34.3. The van der Waals surface area contributed by atoms with Gasteiger partial charge in [-0.2, -0.15) is 0 Å². The van der Waals surface area contributed by atoms with Crippen molar-refractivity contribution in [3.8, 4) is 28.7 Å². The highest BCUT2D eigenvalue weighted by Gasteiger charge is 2.30. The van der Waals surface area contributed by atoms with Gasteiger partial charge < -0.3 is 45.3 Å². The number of ether oxygens (including phenoxy) is 2. The van der Waals surface area contributed by atoms with Gasteiger partial charge in [0, 0.05) is 49.9 Å². The normalized spacial score (nSPS) is 13.0. The summed E-state index contributed by atoms with van der Waals surface area (Å²) in [6.07, 6.45) is 5.29. The molecule has 6 aromatic rings. The predicted octanol–water partition coefficient (Wildman–Crippen LogP) is 7.46. The van der Waals surface area contributed by atoms with Crippen LogP contribution < -0.4 is 14.8 Å². The molecule has 1 heterocycles. The van der Waals surface area contributed by atoms with Crippen molar-refractivity contribution in [3.63, 3.8) is 0 Å². The molecule has 0 unspecified atom stereocenters. The largest absolute Gasteiger partial charge is 0.508 e. The van der Waals surface area contributed by atoms with E-state index in [1.165, 1.54) is 13.2 Å². The monoisotopic (exact) mass is 800 g/mol. The topological polar surface area (TPSA) is 164 Å². The number of aromatic hydroxyl groups is 3. The molecule has 0 bridgehead atoms. The number of aryl methyl sites for hydroxylation is 1. The number of rotatable bonds is 20. The minimum atomic E-state index is -1.07. The Morgan fingerprint density at radius 3 is 2.31 bits per heavy atom. The molecule has 5 aromatic carbocycles. The number of carbonyl (C=O) groups is 1. The molecule has 0 aliphatic carbocycles. The molecule has 10 nitrogen and oxygen atoms in total. The second-order valence-electron chi connectivity index (χ2n) is 15.3. The molecule has 10 heteroatoms. The zero-order chi connectivity index (χ0) is 42.1. The first kappa shape index (κ1) is 42.8. The minimum Gasteiger partial charge on any atom is -0.508 e. The van der Waals surface area contributed by atoms with Crippen LogP contribution >= 0.6 is 0 Å². The van der Waals surface area contributed by atoms with Gasteiger partial charge in [0.1, 0.15) is 11.5 Å². The number of aliphatic hydroxyl groups excluding tert-OH is 2.